The summed E-state index contributed by atoms with van der Waals surface area (Å²) in [5.41, 5.74) is 0.289. The Morgan fingerprint density at radius 1 is 1.48 bits per heavy atom. The number of benzene rings is 1. The molecule has 2 fully saturated rings. The Morgan fingerprint density at radius 2 is 2.19 bits per heavy atom. The highest BCUT2D eigenvalue weighted by Crippen LogP contribution is 2.46. The number of ether oxygens (including phenoxy) is 1. The van der Waals surface area contributed by atoms with Gasteiger partial charge in [0.1, 0.15) is 11.7 Å². The first-order chi connectivity index (χ1) is 9.87. The van der Waals surface area contributed by atoms with Crippen LogP contribution >= 0.6 is 11.6 Å². The van der Waals surface area contributed by atoms with Crippen LogP contribution in [0.4, 0.5) is 0 Å². The first kappa shape index (κ1) is 14.8. The average molecular weight is 309 g/mol. The number of hydrogen-bond acceptors (Lipinski definition) is 3. The molecule has 1 aliphatic carbocycles. The highest BCUT2D eigenvalue weighted by molar-refractivity contribution is 6.30. The summed E-state index contributed by atoms with van der Waals surface area (Å²) in [6.07, 6.45) is 1.69. The van der Waals surface area contributed by atoms with E-state index in [1.807, 2.05) is 43.0 Å². The van der Waals surface area contributed by atoms with E-state index < -0.39 is 0 Å². The fourth-order valence-electron chi connectivity index (χ4n) is 2.85. The fraction of sp³-hybridized carbons (Fsp3) is 0.562. The lowest BCUT2D eigenvalue weighted by Crippen LogP contribution is -2.43. The Labute approximate surface area is 130 Å². The van der Waals surface area contributed by atoms with Crippen LogP contribution < -0.4 is 5.32 Å². The standard InChI is InChI=1S/C16H21ClN2O2/c1-15(2,21-3)10-19-13(11-5-4-6-12(17)9-11)18-16(7-8-16)14(19)20/h4-6,9,13,18H,7-8,10H2,1-3H3. The molecular weight excluding hydrogens is 288 g/mol. The van der Waals surface area contributed by atoms with Crippen LogP contribution in [-0.4, -0.2) is 35.6 Å². The van der Waals surface area contributed by atoms with Gasteiger partial charge in [-0.1, -0.05) is 23.7 Å². The molecule has 4 nitrogen and oxygen atoms in total. The van der Waals surface area contributed by atoms with E-state index in [-0.39, 0.29) is 23.2 Å². The summed E-state index contributed by atoms with van der Waals surface area (Å²) in [6, 6.07) is 7.69. The van der Waals surface area contributed by atoms with Crippen molar-refractivity contribution in [3.05, 3.63) is 34.9 Å². The van der Waals surface area contributed by atoms with Gasteiger partial charge in [-0.3, -0.25) is 10.1 Å². The van der Waals surface area contributed by atoms with Crippen molar-refractivity contribution in [3.63, 3.8) is 0 Å². The predicted molar refractivity (Wildman–Crippen MR) is 82.1 cm³/mol. The van der Waals surface area contributed by atoms with Gasteiger partial charge in [-0.25, -0.2) is 0 Å². The van der Waals surface area contributed by atoms with Crippen molar-refractivity contribution in [2.75, 3.05) is 13.7 Å². The molecule has 3 rings (SSSR count). The number of rotatable bonds is 4. The number of nitrogens with zero attached hydrogens (tertiary/aromatic N) is 1. The summed E-state index contributed by atoms with van der Waals surface area (Å²) < 4.78 is 5.50. The third-order valence-electron chi connectivity index (χ3n) is 4.41. The Bertz CT molecular complexity index is 569. The topological polar surface area (TPSA) is 41.6 Å². The minimum Gasteiger partial charge on any atom is -0.377 e. The van der Waals surface area contributed by atoms with Crippen molar-refractivity contribution in [1.29, 1.82) is 0 Å². The van der Waals surface area contributed by atoms with Crippen LogP contribution in [0.25, 0.3) is 0 Å². The Kier molecular flexibility index (Phi) is 3.51. The van der Waals surface area contributed by atoms with E-state index in [1.54, 1.807) is 7.11 Å². The molecule has 1 aliphatic heterocycles. The number of nitrogens with one attached hydrogen (secondary N) is 1. The molecule has 1 aromatic carbocycles. The van der Waals surface area contributed by atoms with Crippen LogP contribution in [0.5, 0.6) is 0 Å². The summed E-state index contributed by atoms with van der Waals surface area (Å²) >= 11 is 6.10. The van der Waals surface area contributed by atoms with Crippen LogP contribution in [0, 0.1) is 0 Å². The van der Waals surface area contributed by atoms with E-state index >= 15 is 0 Å². The molecule has 1 aromatic rings. The molecule has 0 radical (unpaired) electrons. The van der Waals surface area contributed by atoms with E-state index in [4.69, 9.17) is 16.3 Å². The van der Waals surface area contributed by atoms with Crippen LogP contribution in [0.15, 0.2) is 24.3 Å². The predicted octanol–water partition coefficient (Wildman–Crippen LogP) is 2.73. The zero-order valence-corrected chi connectivity index (χ0v) is 13.4. The van der Waals surface area contributed by atoms with E-state index in [0.29, 0.717) is 11.6 Å². The van der Waals surface area contributed by atoms with Crippen LogP contribution in [0.1, 0.15) is 38.4 Å². The van der Waals surface area contributed by atoms with E-state index in [9.17, 15) is 4.79 Å². The molecule has 1 heterocycles. The van der Waals surface area contributed by atoms with Gasteiger partial charge in [-0.05, 0) is 44.4 Å². The van der Waals surface area contributed by atoms with Gasteiger partial charge in [0.2, 0.25) is 5.91 Å². The normalized spacial score (nSPS) is 23.9. The number of carbonyl (C=O) groups excluding carboxylic acids is 1. The van der Waals surface area contributed by atoms with Crippen LogP contribution in [0.2, 0.25) is 5.02 Å². The van der Waals surface area contributed by atoms with Crippen molar-refractivity contribution >= 4 is 17.5 Å². The van der Waals surface area contributed by atoms with Crippen molar-refractivity contribution < 1.29 is 9.53 Å². The third kappa shape index (κ3) is 2.68. The van der Waals surface area contributed by atoms with Gasteiger partial charge in [0.05, 0.1) is 12.1 Å². The van der Waals surface area contributed by atoms with Gasteiger partial charge in [-0.2, -0.15) is 0 Å². The zero-order valence-electron chi connectivity index (χ0n) is 12.6. The monoisotopic (exact) mass is 308 g/mol. The zero-order chi connectivity index (χ0) is 15.3. The Balaban J connectivity index is 1.91. The molecular formula is C16H21ClN2O2. The van der Waals surface area contributed by atoms with Crippen molar-refractivity contribution in [2.45, 2.75) is 44.0 Å². The largest absolute Gasteiger partial charge is 0.377 e. The molecule has 1 N–H and O–H groups in total. The smallest absolute Gasteiger partial charge is 0.244 e. The highest BCUT2D eigenvalue weighted by atomic mass is 35.5. The van der Waals surface area contributed by atoms with E-state index in [2.05, 4.69) is 5.32 Å². The Hall–Kier alpha value is -1.10. The van der Waals surface area contributed by atoms with Gasteiger partial charge in [0.25, 0.3) is 0 Å². The first-order valence-corrected chi connectivity index (χ1v) is 7.64. The first-order valence-electron chi connectivity index (χ1n) is 7.26. The van der Waals surface area contributed by atoms with Gasteiger partial charge < -0.3 is 9.64 Å². The second kappa shape index (κ2) is 4.97. The molecule has 2 aliphatic rings. The van der Waals surface area contributed by atoms with Crippen LogP contribution in [-0.2, 0) is 9.53 Å². The van der Waals surface area contributed by atoms with Gasteiger partial charge in [0.15, 0.2) is 0 Å². The fourth-order valence-corrected chi connectivity index (χ4v) is 3.05. The van der Waals surface area contributed by atoms with E-state index in [1.165, 1.54) is 0 Å². The molecule has 0 bridgehead atoms. The molecule has 1 spiro atoms. The maximum Gasteiger partial charge on any atom is 0.244 e. The Morgan fingerprint density at radius 3 is 2.76 bits per heavy atom. The molecule has 1 saturated carbocycles. The molecule has 1 saturated heterocycles. The second-order valence-electron chi connectivity index (χ2n) is 6.58. The summed E-state index contributed by atoms with van der Waals surface area (Å²) in [5, 5.41) is 4.18. The quantitative estimate of drug-likeness (QED) is 0.930. The van der Waals surface area contributed by atoms with Gasteiger partial charge in [0, 0.05) is 12.1 Å². The summed E-state index contributed by atoms with van der Waals surface area (Å²) in [6.45, 7) is 4.54. The molecule has 21 heavy (non-hydrogen) atoms. The summed E-state index contributed by atoms with van der Waals surface area (Å²) in [5.74, 6) is 0.178. The lowest BCUT2D eigenvalue weighted by atomic mass is 10.1. The molecule has 1 amide bonds. The minimum absolute atomic E-state index is 0.131. The van der Waals surface area contributed by atoms with Crippen LogP contribution in [0.3, 0.4) is 0 Å². The van der Waals surface area contributed by atoms with Gasteiger partial charge in [-0.15, -0.1) is 0 Å². The average Bonchev–Trinajstić information content (AvgIpc) is 3.18. The molecule has 1 atom stereocenters. The molecule has 5 heteroatoms. The van der Waals surface area contributed by atoms with Crippen molar-refractivity contribution in [2.24, 2.45) is 0 Å². The number of amides is 1. The van der Waals surface area contributed by atoms with Gasteiger partial charge >= 0.3 is 0 Å². The number of methoxy groups -OCH3 is 1. The number of carbonyl (C=O) groups is 1. The lowest BCUT2D eigenvalue weighted by Gasteiger charge is -2.32. The second-order valence-corrected chi connectivity index (χ2v) is 7.02. The summed E-state index contributed by atoms with van der Waals surface area (Å²) in [7, 11) is 1.68. The number of hydrogen-bond donors (Lipinski definition) is 1. The van der Waals surface area contributed by atoms with Crippen molar-refractivity contribution in [1.82, 2.24) is 10.2 Å². The number of halogens is 1. The molecule has 114 valence electrons. The maximum absolute atomic E-state index is 12.7. The third-order valence-corrected chi connectivity index (χ3v) is 4.65. The lowest BCUT2D eigenvalue weighted by molar-refractivity contribution is -0.134. The molecule has 0 aromatic heterocycles. The maximum atomic E-state index is 12.7. The van der Waals surface area contributed by atoms with E-state index in [0.717, 1.165) is 18.4 Å². The summed E-state index contributed by atoms with van der Waals surface area (Å²) in [4.78, 5) is 14.6. The SMILES string of the molecule is COC(C)(C)CN1C(=O)C2(CC2)NC1c1cccc(Cl)c1. The highest BCUT2D eigenvalue weighted by Gasteiger charge is 2.59. The molecule has 1 unspecified atom stereocenters. The minimum atomic E-state index is -0.380. The van der Waals surface area contributed by atoms with Crippen molar-refractivity contribution in [3.8, 4) is 0 Å².